The molecule has 1 aromatic rings. The van der Waals surface area contributed by atoms with Gasteiger partial charge in [0.25, 0.3) is 0 Å². The summed E-state index contributed by atoms with van der Waals surface area (Å²) in [6.45, 7) is -5.14. The maximum absolute atomic E-state index is 12.2. The van der Waals surface area contributed by atoms with Crippen LogP contribution in [-0.2, 0) is 0 Å². The number of benzene rings is 1. The van der Waals surface area contributed by atoms with Gasteiger partial charge in [0.1, 0.15) is 6.07 Å². The second kappa shape index (κ2) is 5.92. The zero-order valence-electron chi connectivity index (χ0n) is 7.57. The van der Waals surface area contributed by atoms with E-state index in [1.165, 1.54) is 0 Å². The number of rotatable bonds is 1. The van der Waals surface area contributed by atoms with E-state index in [4.69, 9.17) is 28.5 Å². The quantitative estimate of drug-likeness (QED) is 0.659. The fourth-order valence-electron chi connectivity index (χ4n) is 0.889. The first-order valence-electron chi connectivity index (χ1n) is 3.45. The van der Waals surface area contributed by atoms with E-state index in [2.05, 4.69) is 0 Å². The van der Waals surface area contributed by atoms with Crippen LogP contribution in [-0.4, -0.2) is 6.98 Å². The summed E-state index contributed by atoms with van der Waals surface area (Å²) in [5.74, 6) is 0. The molecule has 0 aliphatic rings. The van der Waals surface area contributed by atoms with Gasteiger partial charge >= 0.3 is 58.4 Å². The van der Waals surface area contributed by atoms with Crippen LogP contribution >= 0.6 is 23.2 Å². The summed E-state index contributed by atoms with van der Waals surface area (Å²) in [5, 5.41) is 7.93. The molecule has 15 heavy (non-hydrogen) atoms. The van der Waals surface area contributed by atoms with E-state index in [-0.39, 0.29) is 67.0 Å². The zero-order valence-corrected chi connectivity index (χ0v) is 12.2. The molecule has 0 amide bonds. The monoisotopic (exact) mass is 277 g/mol. The van der Waals surface area contributed by atoms with Gasteiger partial charge < -0.3 is 12.9 Å². The van der Waals surface area contributed by atoms with Crippen molar-refractivity contribution in [3.63, 3.8) is 0 Å². The standard InChI is InChI=1S/C7H2BCl2F3N.K/c9-6-1-4(8(11,12)13)2-7(10)5(6)3-14;/h1-2H;/q-1;+1. The van der Waals surface area contributed by atoms with Crippen LogP contribution in [0.15, 0.2) is 12.1 Å². The first kappa shape index (κ1) is 15.8. The molecule has 0 fully saturated rings. The van der Waals surface area contributed by atoms with Gasteiger partial charge in [-0.2, -0.15) is 5.26 Å². The van der Waals surface area contributed by atoms with Crippen LogP contribution < -0.4 is 56.8 Å². The van der Waals surface area contributed by atoms with Gasteiger partial charge in [0.2, 0.25) is 0 Å². The van der Waals surface area contributed by atoms with E-state index in [1.807, 2.05) is 0 Å². The molecule has 0 N–H and O–H groups in total. The van der Waals surface area contributed by atoms with Gasteiger partial charge in [0.05, 0.1) is 15.6 Å². The van der Waals surface area contributed by atoms with Crippen LogP contribution in [0.5, 0.6) is 0 Å². The molecule has 0 atom stereocenters. The molecule has 0 spiro atoms. The molecule has 0 aromatic heterocycles. The maximum Gasteiger partial charge on any atom is 1.00 e. The topological polar surface area (TPSA) is 23.8 Å². The molecule has 0 radical (unpaired) electrons. The summed E-state index contributed by atoms with van der Waals surface area (Å²) in [6, 6.07) is 3.02. The number of hydrogen-bond acceptors (Lipinski definition) is 1. The number of hydrogen-bond donors (Lipinski definition) is 0. The first-order chi connectivity index (χ1) is 6.36. The molecule has 1 rings (SSSR count). The van der Waals surface area contributed by atoms with E-state index >= 15 is 0 Å². The molecule has 0 bridgehead atoms. The van der Waals surface area contributed by atoms with Crippen LogP contribution in [0.2, 0.25) is 10.0 Å². The van der Waals surface area contributed by atoms with Crippen molar-refractivity contribution < 1.29 is 64.3 Å². The number of halogens is 5. The van der Waals surface area contributed by atoms with Crippen molar-refractivity contribution >= 4 is 35.6 Å². The van der Waals surface area contributed by atoms with E-state index in [9.17, 15) is 12.9 Å². The molecular weight excluding hydrogens is 276 g/mol. The molecule has 0 saturated carbocycles. The average Bonchev–Trinajstić information content (AvgIpc) is 2.01. The third-order valence-electron chi connectivity index (χ3n) is 1.55. The minimum Gasteiger partial charge on any atom is -0.445 e. The van der Waals surface area contributed by atoms with Crippen LogP contribution in [0.25, 0.3) is 0 Å². The van der Waals surface area contributed by atoms with Crippen LogP contribution in [0, 0.1) is 11.3 Å². The SMILES string of the molecule is N#Cc1c(Cl)cc([B-](F)(F)F)cc1Cl.[K+]. The van der Waals surface area contributed by atoms with Crippen molar-refractivity contribution in [2.45, 2.75) is 0 Å². The minimum atomic E-state index is -5.14. The second-order valence-corrected chi connectivity index (χ2v) is 3.36. The molecule has 0 heterocycles. The third kappa shape index (κ3) is 3.93. The minimum absolute atomic E-state index is 0. The van der Waals surface area contributed by atoms with Crippen LogP contribution in [0.3, 0.4) is 0 Å². The van der Waals surface area contributed by atoms with Gasteiger partial charge in [-0.05, 0) is 0 Å². The Morgan fingerprint density at radius 3 is 1.80 bits per heavy atom. The molecule has 74 valence electrons. The summed E-state index contributed by atoms with van der Waals surface area (Å²) < 4.78 is 36.7. The van der Waals surface area contributed by atoms with Gasteiger partial charge in [-0.25, -0.2) is 0 Å². The fourth-order valence-corrected chi connectivity index (χ4v) is 1.48. The predicted octanol–water partition coefficient (Wildman–Crippen LogP) is -0.0765. The molecule has 1 nitrogen and oxygen atoms in total. The van der Waals surface area contributed by atoms with Gasteiger partial charge in [-0.1, -0.05) is 35.3 Å². The molecule has 0 saturated heterocycles. The van der Waals surface area contributed by atoms with E-state index in [0.717, 1.165) is 0 Å². The summed E-state index contributed by atoms with van der Waals surface area (Å²) in [7, 11) is 0. The smallest absolute Gasteiger partial charge is 0.445 e. The summed E-state index contributed by atoms with van der Waals surface area (Å²) in [4.78, 5) is 0. The van der Waals surface area contributed by atoms with E-state index < -0.39 is 12.4 Å². The van der Waals surface area contributed by atoms with Crippen molar-refractivity contribution in [2.75, 3.05) is 0 Å². The fraction of sp³-hybridized carbons (Fsp3) is 0. The predicted molar refractivity (Wildman–Crippen MR) is 49.9 cm³/mol. The molecule has 0 aliphatic heterocycles. The molecule has 0 aliphatic carbocycles. The van der Waals surface area contributed by atoms with Crippen molar-refractivity contribution in [3.05, 3.63) is 27.7 Å². The van der Waals surface area contributed by atoms with Gasteiger partial charge in [-0.3, -0.25) is 0 Å². The van der Waals surface area contributed by atoms with Crippen molar-refractivity contribution in [1.29, 1.82) is 5.26 Å². The van der Waals surface area contributed by atoms with Crippen molar-refractivity contribution in [2.24, 2.45) is 0 Å². The maximum atomic E-state index is 12.2. The second-order valence-electron chi connectivity index (χ2n) is 2.55. The molecular formula is C7H2BCl2F3KN. The van der Waals surface area contributed by atoms with Gasteiger partial charge in [0, 0.05) is 0 Å². The Bertz CT molecular complexity index is 393. The molecule has 1 aromatic carbocycles. The number of nitriles is 1. The zero-order chi connectivity index (χ0) is 10.9. The third-order valence-corrected chi connectivity index (χ3v) is 2.15. The summed E-state index contributed by atoms with van der Waals surface area (Å²) >= 11 is 10.9. The van der Waals surface area contributed by atoms with E-state index in [0.29, 0.717) is 12.1 Å². The Morgan fingerprint density at radius 1 is 1.13 bits per heavy atom. The Labute approximate surface area is 137 Å². The van der Waals surface area contributed by atoms with Crippen LogP contribution in [0.1, 0.15) is 5.56 Å². The van der Waals surface area contributed by atoms with Crippen molar-refractivity contribution in [1.82, 2.24) is 0 Å². The summed E-state index contributed by atoms with van der Waals surface area (Å²) in [6.07, 6.45) is 0. The Morgan fingerprint density at radius 2 is 1.53 bits per heavy atom. The number of nitrogens with zero attached hydrogens (tertiary/aromatic N) is 1. The van der Waals surface area contributed by atoms with Crippen LogP contribution in [0.4, 0.5) is 12.9 Å². The average molecular weight is 278 g/mol. The Balaban J connectivity index is 0.00000196. The Kier molecular flexibility index (Phi) is 6.23. The van der Waals surface area contributed by atoms with E-state index in [1.54, 1.807) is 6.07 Å². The largest absolute Gasteiger partial charge is 1.00 e. The first-order valence-corrected chi connectivity index (χ1v) is 4.21. The Hall–Kier alpha value is 0.781. The molecule has 8 heteroatoms. The van der Waals surface area contributed by atoms with Gasteiger partial charge in [-0.15, -0.1) is 5.46 Å². The van der Waals surface area contributed by atoms with Crippen molar-refractivity contribution in [3.8, 4) is 6.07 Å². The van der Waals surface area contributed by atoms with Gasteiger partial charge in [0.15, 0.2) is 0 Å². The summed E-state index contributed by atoms with van der Waals surface area (Å²) in [5.41, 5.74) is -1.05. The normalized spacial score (nSPS) is 10.4. The molecule has 0 unspecified atom stereocenters.